The van der Waals surface area contributed by atoms with Crippen LogP contribution < -0.4 is 15.1 Å². The van der Waals surface area contributed by atoms with Gasteiger partial charge in [0.2, 0.25) is 0 Å². The van der Waals surface area contributed by atoms with Crippen molar-refractivity contribution in [3.05, 3.63) is 29.8 Å². The van der Waals surface area contributed by atoms with Gasteiger partial charge in [-0.3, -0.25) is 4.79 Å². The Balaban J connectivity index is 1.46. The predicted molar refractivity (Wildman–Crippen MR) is 92.7 cm³/mol. The molecule has 1 amide bonds. The van der Waals surface area contributed by atoms with Gasteiger partial charge in [-0.05, 0) is 37.8 Å². The summed E-state index contributed by atoms with van der Waals surface area (Å²) in [6.45, 7) is 6.62. The fraction of sp³-hybridized carbons (Fsp3) is 0.632. The lowest BCUT2D eigenvalue weighted by atomic mass is 10.2. The summed E-state index contributed by atoms with van der Waals surface area (Å²) in [7, 11) is 0. The smallest absolute Gasteiger partial charge is 0.279 e. The molecule has 4 nitrogen and oxygen atoms in total. The molecule has 0 aromatic heterocycles. The van der Waals surface area contributed by atoms with Crippen LogP contribution in [0.1, 0.15) is 44.1 Å². The van der Waals surface area contributed by atoms with Crippen molar-refractivity contribution >= 4 is 11.6 Å². The van der Waals surface area contributed by atoms with Gasteiger partial charge in [-0.2, -0.15) is 0 Å². The number of hydrogen-bond donors (Lipinski definition) is 3. The van der Waals surface area contributed by atoms with Crippen molar-refractivity contribution in [3.63, 3.8) is 0 Å². The first-order chi connectivity index (χ1) is 11.3. The molecule has 3 rings (SSSR count). The molecule has 0 spiro atoms. The van der Waals surface area contributed by atoms with Crippen LogP contribution in [-0.2, 0) is 11.3 Å². The third-order valence-corrected chi connectivity index (χ3v) is 5.22. The highest BCUT2D eigenvalue weighted by Gasteiger charge is 2.17. The summed E-state index contributed by atoms with van der Waals surface area (Å²) in [5.41, 5.74) is 2.31. The van der Waals surface area contributed by atoms with Crippen molar-refractivity contribution in [1.82, 2.24) is 0 Å². The van der Waals surface area contributed by atoms with E-state index >= 15 is 0 Å². The Morgan fingerprint density at radius 1 is 0.826 bits per heavy atom. The van der Waals surface area contributed by atoms with Crippen LogP contribution in [0.3, 0.4) is 0 Å². The molecule has 2 saturated heterocycles. The van der Waals surface area contributed by atoms with E-state index in [1.54, 1.807) is 4.90 Å². The number of rotatable bonds is 5. The van der Waals surface area contributed by atoms with Gasteiger partial charge in [0.1, 0.15) is 6.54 Å². The molecule has 2 heterocycles. The maximum absolute atomic E-state index is 12.2. The van der Waals surface area contributed by atoms with Crippen LogP contribution in [0.4, 0.5) is 5.69 Å². The summed E-state index contributed by atoms with van der Waals surface area (Å²) in [5, 5.41) is 3.06. The second kappa shape index (κ2) is 8.46. The van der Waals surface area contributed by atoms with E-state index in [2.05, 4.69) is 29.6 Å². The minimum Gasteiger partial charge on any atom is -0.331 e. The summed E-state index contributed by atoms with van der Waals surface area (Å²) >= 11 is 0. The molecule has 2 aliphatic rings. The maximum Gasteiger partial charge on any atom is 0.279 e. The average Bonchev–Trinajstić information content (AvgIpc) is 2.92. The van der Waals surface area contributed by atoms with E-state index in [0.717, 1.165) is 25.3 Å². The van der Waals surface area contributed by atoms with Gasteiger partial charge in [-0.15, -0.1) is 0 Å². The standard InChI is InChI=1S/C19H29N3O/c23-19(16-22-11-3-1-2-4-12-22)20-18-9-7-17(8-10-18)15-21-13-5-6-14-21/h7-10H,1-6,11-16H2,(H,20,23)/p+2. The van der Waals surface area contributed by atoms with Gasteiger partial charge in [-0.1, -0.05) is 12.1 Å². The first-order valence-corrected chi connectivity index (χ1v) is 9.35. The summed E-state index contributed by atoms with van der Waals surface area (Å²) in [4.78, 5) is 15.3. The normalized spacial score (nSPS) is 20.3. The quantitative estimate of drug-likeness (QED) is 0.716. The van der Waals surface area contributed by atoms with Crippen LogP contribution in [0.2, 0.25) is 0 Å². The molecule has 2 aliphatic heterocycles. The number of nitrogens with one attached hydrogen (secondary N) is 3. The van der Waals surface area contributed by atoms with Gasteiger partial charge in [0.15, 0.2) is 6.54 Å². The van der Waals surface area contributed by atoms with Gasteiger partial charge in [0.05, 0.1) is 26.2 Å². The highest BCUT2D eigenvalue weighted by Crippen LogP contribution is 2.09. The van der Waals surface area contributed by atoms with E-state index in [0.29, 0.717) is 6.54 Å². The summed E-state index contributed by atoms with van der Waals surface area (Å²) in [6.07, 6.45) is 7.90. The van der Waals surface area contributed by atoms with Gasteiger partial charge in [-0.25, -0.2) is 0 Å². The number of benzene rings is 1. The third kappa shape index (κ3) is 5.33. The van der Waals surface area contributed by atoms with E-state index < -0.39 is 0 Å². The molecule has 0 saturated carbocycles. The van der Waals surface area contributed by atoms with Gasteiger partial charge >= 0.3 is 0 Å². The van der Waals surface area contributed by atoms with Crippen LogP contribution in [0.25, 0.3) is 0 Å². The minimum absolute atomic E-state index is 0.153. The number of carbonyl (C=O) groups excluding carboxylic acids is 1. The lowest BCUT2D eigenvalue weighted by Crippen LogP contribution is -3.12. The van der Waals surface area contributed by atoms with Crippen LogP contribution in [0, 0.1) is 0 Å². The van der Waals surface area contributed by atoms with E-state index in [4.69, 9.17) is 0 Å². The largest absolute Gasteiger partial charge is 0.331 e. The third-order valence-electron chi connectivity index (χ3n) is 5.22. The van der Waals surface area contributed by atoms with Crippen LogP contribution in [0.15, 0.2) is 24.3 Å². The highest BCUT2D eigenvalue weighted by molar-refractivity contribution is 5.91. The number of likely N-dealkylation sites (tertiary alicyclic amines) is 2. The van der Waals surface area contributed by atoms with Crippen molar-refractivity contribution in [2.45, 2.75) is 45.1 Å². The average molecular weight is 317 g/mol. The highest BCUT2D eigenvalue weighted by atomic mass is 16.2. The number of anilines is 1. The Morgan fingerprint density at radius 3 is 2.04 bits per heavy atom. The molecule has 1 aromatic carbocycles. The SMILES string of the molecule is O=C(C[NH+]1CCCCCC1)Nc1ccc(C[NH+]2CCCC2)cc1. The summed E-state index contributed by atoms with van der Waals surface area (Å²) in [6, 6.07) is 8.44. The van der Waals surface area contributed by atoms with Gasteiger partial charge in [0.25, 0.3) is 5.91 Å². The Bertz CT molecular complexity index is 486. The molecule has 1 aromatic rings. The topological polar surface area (TPSA) is 38.0 Å². The number of hydrogen-bond acceptors (Lipinski definition) is 1. The van der Waals surface area contributed by atoms with Crippen LogP contribution >= 0.6 is 0 Å². The molecule has 4 heteroatoms. The lowest BCUT2D eigenvalue weighted by Gasteiger charge is -2.16. The van der Waals surface area contributed by atoms with E-state index in [1.807, 2.05) is 0 Å². The van der Waals surface area contributed by atoms with Crippen LogP contribution in [0.5, 0.6) is 0 Å². The Hall–Kier alpha value is -1.39. The first-order valence-electron chi connectivity index (χ1n) is 9.35. The minimum atomic E-state index is 0.153. The van der Waals surface area contributed by atoms with Crippen molar-refractivity contribution in [3.8, 4) is 0 Å². The molecular formula is C19H31N3O+2. The first kappa shape index (κ1) is 16.5. The molecule has 0 radical (unpaired) electrons. The van der Waals surface area contributed by atoms with Crippen molar-refractivity contribution in [2.75, 3.05) is 38.0 Å². The van der Waals surface area contributed by atoms with Gasteiger partial charge < -0.3 is 15.1 Å². The zero-order chi connectivity index (χ0) is 15.9. The molecule has 0 atom stereocenters. The molecule has 126 valence electrons. The number of carbonyl (C=O) groups is 1. The van der Waals surface area contributed by atoms with Crippen molar-refractivity contribution < 1.29 is 14.6 Å². The molecule has 23 heavy (non-hydrogen) atoms. The molecule has 0 bridgehead atoms. The number of amides is 1. The molecule has 3 N–H and O–H groups in total. The fourth-order valence-corrected chi connectivity index (χ4v) is 3.88. The fourth-order valence-electron chi connectivity index (χ4n) is 3.88. The van der Waals surface area contributed by atoms with E-state index in [9.17, 15) is 4.79 Å². The Morgan fingerprint density at radius 2 is 1.39 bits per heavy atom. The lowest BCUT2D eigenvalue weighted by molar-refractivity contribution is -0.901. The molecule has 2 fully saturated rings. The molecular weight excluding hydrogens is 286 g/mol. The Kier molecular flexibility index (Phi) is 6.06. The van der Waals surface area contributed by atoms with Crippen molar-refractivity contribution in [2.24, 2.45) is 0 Å². The summed E-state index contributed by atoms with van der Waals surface area (Å²) in [5.74, 6) is 0.153. The molecule has 0 unspecified atom stereocenters. The zero-order valence-electron chi connectivity index (χ0n) is 14.2. The Labute approximate surface area is 139 Å². The summed E-state index contributed by atoms with van der Waals surface area (Å²) < 4.78 is 0. The van der Waals surface area contributed by atoms with E-state index in [1.165, 1.54) is 62.1 Å². The predicted octanol–water partition coefficient (Wildman–Crippen LogP) is 0.263. The maximum atomic E-state index is 12.2. The van der Waals surface area contributed by atoms with Crippen molar-refractivity contribution in [1.29, 1.82) is 0 Å². The second-order valence-corrected chi connectivity index (χ2v) is 7.22. The second-order valence-electron chi connectivity index (χ2n) is 7.22. The number of quaternary nitrogens is 2. The molecule has 0 aliphatic carbocycles. The van der Waals surface area contributed by atoms with Gasteiger partial charge in [0, 0.05) is 24.1 Å². The monoisotopic (exact) mass is 317 g/mol. The van der Waals surface area contributed by atoms with Crippen LogP contribution in [-0.4, -0.2) is 38.6 Å². The van der Waals surface area contributed by atoms with E-state index in [-0.39, 0.29) is 5.91 Å². The zero-order valence-corrected chi connectivity index (χ0v) is 14.2.